The van der Waals surface area contributed by atoms with Crippen LogP contribution in [0.1, 0.15) is 24.3 Å². The van der Waals surface area contributed by atoms with Crippen molar-refractivity contribution < 1.29 is 34.1 Å². The summed E-state index contributed by atoms with van der Waals surface area (Å²) in [6.07, 6.45) is 1.31. The van der Waals surface area contributed by atoms with Crippen LogP contribution < -0.4 is 9.80 Å². The highest BCUT2D eigenvalue weighted by atomic mass is 35.5. The van der Waals surface area contributed by atoms with Gasteiger partial charge in [0, 0.05) is 44.2 Å². The smallest absolute Gasteiger partial charge is 0.301 e. The summed E-state index contributed by atoms with van der Waals surface area (Å²) >= 11 is 20.8. The normalized spacial score (nSPS) is 30.2. The first-order valence-corrected chi connectivity index (χ1v) is 15.0. The van der Waals surface area contributed by atoms with E-state index in [1.54, 1.807) is 6.08 Å². The molecule has 2 aromatic carbocycles. The van der Waals surface area contributed by atoms with Gasteiger partial charge in [0.25, 0.3) is 11.8 Å². The number of aromatic hydroxyl groups is 1. The number of nitrogens with zero attached hydrogens (tertiary/aromatic N) is 5. The van der Waals surface area contributed by atoms with Crippen molar-refractivity contribution in [2.24, 2.45) is 17.8 Å². The first-order chi connectivity index (χ1) is 21.5. The van der Waals surface area contributed by atoms with Crippen LogP contribution in [-0.4, -0.2) is 74.4 Å². The molecule has 4 amide bonds. The van der Waals surface area contributed by atoms with Gasteiger partial charge in [0.2, 0.25) is 11.8 Å². The number of halogens is 3. The second-order valence-corrected chi connectivity index (χ2v) is 13.6. The molecule has 0 bridgehead atoms. The van der Waals surface area contributed by atoms with Crippen molar-refractivity contribution in [1.82, 2.24) is 4.90 Å². The predicted octanol–water partition coefficient (Wildman–Crippen LogP) is 4.12. The molecule has 2 aromatic rings. The number of rotatable bonds is 5. The number of carbonyl (C=O) groups is 4. The van der Waals surface area contributed by atoms with Crippen molar-refractivity contribution in [2.75, 3.05) is 30.9 Å². The Labute approximate surface area is 275 Å². The molecule has 6 atom stereocenters. The summed E-state index contributed by atoms with van der Waals surface area (Å²) in [5, 5.41) is 34.0. The van der Waals surface area contributed by atoms with E-state index in [0.29, 0.717) is 10.5 Å². The van der Waals surface area contributed by atoms with Gasteiger partial charge < -0.3 is 10.0 Å². The zero-order valence-corrected chi connectivity index (χ0v) is 26.5. The molecule has 2 saturated heterocycles. The second kappa shape index (κ2) is 10.4. The summed E-state index contributed by atoms with van der Waals surface area (Å²) in [6.45, 7) is 0. The predicted molar refractivity (Wildman–Crippen MR) is 165 cm³/mol. The third-order valence-corrected chi connectivity index (χ3v) is 11.2. The number of allylic oxidation sites excluding steroid dienone is 2. The van der Waals surface area contributed by atoms with Gasteiger partial charge in [-0.15, -0.1) is 23.2 Å². The van der Waals surface area contributed by atoms with Crippen molar-refractivity contribution in [3.8, 4) is 5.75 Å². The van der Waals surface area contributed by atoms with Gasteiger partial charge >= 0.3 is 11.4 Å². The number of nitro groups is 2. The molecule has 2 aliphatic carbocycles. The lowest BCUT2D eigenvalue weighted by Crippen LogP contribution is -2.60. The molecular formula is C29H24Cl3N5O9. The molecule has 3 fully saturated rings. The van der Waals surface area contributed by atoms with Crippen LogP contribution in [0.4, 0.5) is 22.7 Å². The molecule has 6 rings (SSSR count). The van der Waals surface area contributed by atoms with Gasteiger partial charge in [-0.3, -0.25) is 44.3 Å². The van der Waals surface area contributed by atoms with Gasteiger partial charge in [0.05, 0.1) is 27.4 Å². The van der Waals surface area contributed by atoms with E-state index in [1.807, 2.05) is 0 Å². The molecule has 240 valence electrons. The minimum Gasteiger partial charge on any atom is -0.508 e. The number of likely N-dealkylation sites (tertiary alicyclic amines) is 1. The van der Waals surface area contributed by atoms with E-state index in [4.69, 9.17) is 34.8 Å². The van der Waals surface area contributed by atoms with Gasteiger partial charge in [0.15, 0.2) is 15.4 Å². The standard InChI is InChI=1S/C29H24Cl3N5O9/c1-33(2)23-19(36(43)44)8-12(9-20(23)37(45)46)35-24(39)16-7-6-14-17(21(16)25(35)40)11-28(31)26(41)34(3)27(42)29(28,32)22(14)15-5-4-13(38)10-18(15)30/h4-6,8-10,16-17,21-22,38H,7,11H2,1-3H3. The number of phenols is 1. The first kappa shape index (κ1) is 31.7. The zero-order valence-electron chi connectivity index (χ0n) is 24.3. The highest BCUT2D eigenvalue weighted by molar-refractivity contribution is 6.54. The molecule has 14 nitrogen and oxygen atoms in total. The van der Waals surface area contributed by atoms with Crippen LogP contribution in [-0.2, 0) is 19.2 Å². The number of phenolic OH excluding ortho intramolecular Hbond substituents is 1. The highest BCUT2D eigenvalue weighted by Gasteiger charge is 2.76. The maximum absolute atomic E-state index is 14.3. The maximum atomic E-state index is 14.3. The number of anilines is 2. The monoisotopic (exact) mass is 691 g/mol. The highest BCUT2D eigenvalue weighted by Crippen LogP contribution is 2.66. The molecule has 1 saturated carbocycles. The van der Waals surface area contributed by atoms with E-state index >= 15 is 0 Å². The Morgan fingerprint density at radius 3 is 2.11 bits per heavy atom. The molecule has 6 unspecified atom stereocenters. The Bertz CT molecular complexity index is 1810. The number of alkyl halides is 2. The van der Waals surface area contributed by atoms with E-state index in [2.05, 4.69) is 0 Å². The van der Waals surface area contributed by atoms with Gasteiger partial charge in [-0.05, 0) is 36.5 Å². The lowest BCUT2D eigenvalue weighted by molar-refractivity contribution is -0.392. The Morgan fingerprint density at radius 1 is 0.957 bits per heavy atom. The number of benzene rings is 2. The fourth-order valence-electron chi connectivity index (χ4n) is 7.55. The number of nitro benzene ring substituents is 2. The van der Waals surface area contributed by atoms with Gasteiger partial charge in [-0.1, -0.05) is 29.3 Å². The van der Waals surface area contributed by atoms with Gasteiger partial charge in [-0.25, -0.2) is 4.90 Å². The lowest BCUT2D eigenvalue weighted by atomic mass is 9.56. The molecule has 2 heterocycles. The molecule has 2 aliphatic heterocycles. The van der Waals surface area contributed by atoms with Crippen LogP contribution in [0, 0.1) is 38.0 Å². The summed E-state index contributed by atoms with van der Waals surface area (Å²) in [5.74, 6) is -7.62. The minimum atomic E-state index is -2.09. The van der Waals surface area contributed by atoms with E-state index in [-0.39, 0.29) is 40.6 Å². The van der Waals surface area contributed by atoms with Gasteiger partial charge in [0.1, 0.15) is 5.75 Å². The molecule has 0 aromatic heterocycles. The molecule has 0 spiro atoms. The summed E-state index contributed by atoms with van der Waals surface area (Å²) in [6, 6.07) is 5.86. The Balaban J connectivity index is 1.52. The van der Waals surface area contributed by atoms with Crippen LogP contribution in [0.3, 0.4) is 0 Å². The SMILES string of the molecule is CN1C(=O)C2(Cl)CC3C(=CCC4C(=O)N(c5cc([N+](=O)[O-])c(N(C)C)c([N+](=O)[O-])c5)C(=O)C43)C(c3ccc(O)cc3Cl)C2(Cl)C1=O. The quantitative estimate of drug-likeness (QED) is 0.157. The Kier molecular flexibility index (Phi) is 7.15. The van der Waals surface area contributed by atoms with Crippen molar-refractivity contribution >= 4 is 81.2 Å². The summed E-state index contributed by atoms with van der Waals surface area (Å²) in [7, 11) is 4.00. The number of fused-ring (bicyclic) bond motifs is 4. The summed E-state index contributed by atoms with van der Waals surface area (Å²) in [4.78, 5) is 76.2. The van der Waals surface area contributed by atoms with Gasteiger partial charge in [-0.2, -0.15) is 0 Å². The van der Waals surface area contributed by atoms with E-state index < -0.39 is 78.3 Å². The van der Waals surface area contributed by atoms with Crippen molar-refractivity contribution in [3.63, 3.8) is 0 Å². The van der Waals surface area contributed by atoms with Crippen LogP contribution in [0.15, 0.2) is 42.0 Å². The van der Waals surface area contributed by atoms with Crippen LogP contribution in [0.25, 0.3) is 0 Å². The number of amides is 4. The molecular weight excluding hydrogens is 669 g/mol. The largest absolute Gasteiger partial charge is 0.508 e. The van der Waals surface area contributed by atoms with E-state index in [9.17, 15) is 44.5 Å². The van der Waals surface area contributed by atoms with Crippen molar-refractivity contribution in [2.45, 2.75) is 28.5 Å². The van der Waals surface area contributed by atoms with E-state index in [1.165, 1.54) is 44.2 Å². The molecule has 46 heavy (non-hydrogen) atoms. The Hall–Kier alpha value is -4.27. The maximum Gasteiger partial charge on any atom is 0.301 e. The lowest BCUT2D eigenvalue weighted by Gasteiger charge is -2.51. The fourth-order valence-corrected chi connectivity index (χ4v) is 8.84. The minimum absolute atomic E-state index is 0.0126. The Morgan fingerprint density at radius 2 is 1.57 bits per heavy atom. The average Bonchev–Trinajstić information content (AvgIpc) is 3.31. The topological polar surface area (TPSA) is 185 Å². The third kappa shape index (κ3) is 4.02. The number of hydrogen-bond acceptors (Lipinski definition) is 10. The van der Waals surface area contributed by atoms with Crippen LogP contribution in [0.5, 0.6) is 5.75 Å². The van der Waals surface area contributed by atoms with Crippen molar-refractivity contribution in [3.05, 3.63) is 72.8 Å². The number of imide groups is 2. The molecule has 0 radical (unpaired) electrons. The molecule has 17 heteroatoms. The van der Waals surface area contributed by atoms with Crippen LogP contribution >= 0.6 is 34.8 Å². The average molecular weight is 693 g/mol. The van der Waals surface area contributed by atoms with E-state index in [0.717, 1.165) is 17.0 Å². The third-order valence-electron chi connectivity index (χ3n) is 9.46. The summed E-state index contributed by atoms with van der Waals surface area (Å²) in [5.41, 5.74) is -1.37. The molecule has 1 N–H and O–H groups in total. The molecule has 4 aliphatic rings. The second-order valence-electron chi connectivity index (χ2n) is 12.0. The fraction of sp³-hybridized carbons (Fsp3) is 0.379. The van der Waals surface area contributed by atoms with Crippen LogP contribution in [0.2, 0.25) is 5.02 Å². The number of carbonyl (C=O) groups excluding carboxylic acids is 4. The summed E-state index contributed by atoms with van der Waals surface area (Å²) < 4.78 is 0. The zero-order chi connectivity index (χ0) is 33.8. The number of hydrogen-bond donors (Lipinski definition) is 1. The first-order valence-electron chi connectivity index (χ1n) is 13.9. The van der Waals surface area contributed by atoms with Crippen molar-refractivity contribution in [1.29, 1.82) is 0 Å².